The Morgan fingerprint density at radius 1 is 0.302 bits per heavy atom. The zero-order valence-electron chi connectivity index (χ0n) is 30.0. The van der Waals surface area contributed by atoms with Crippen LogP contribution in [-0.4, -0.2) is 0 Å². The molecule has 1 aliphatic rings. The Balaban J connectivity index is 1.16. The summed E-state index contributed by atoms with van der Waals surface area (Å²) in [6, 6.07) is 74.3. The Labute approximate surface area is 312 Å². The van der Waals surface area contributed by atoms with Gasteiger partial charge in [0.15, 0.2) is 0 Å². The first-order valence-electron chi connectivity index (χ1n) is 18.4. The molecule has 0 spiro atoms. The number of hydrogen-bond acceptors (Lipinski definition) is 2. The lowest BCUT2D eigenvalue weighted by atomic mass is 9.78. The fourth-order valence-electron chi connectivity index (χ4n) is 8.12. The van der Waals surface area contributed by atoms with Gasteiger partial charge in [0.25, 0.3) is 0 Å². The van der Waals surface area contributed by atoms with Crippen LogP contribution in [0.3, 0.4) is 0 Å². The SMILES string of the molecule is CC1(C)c2ccccc2-c2cc(-c3ccc(N(c4ccccc4)c4ccccc4)cc3)cc(-c3ccc(N(c4ccccc4)c4ccccc4)cc3)c21. The molecule has 0 fully saturated rings. The molecule has 254 valence electrons. The molecule has 9 rings (SSSR count). The smallest absolute Gasteiger partial charge is 0.0462 e. The third kappa shape index (κ3) is 5.89. The van der Waals surface area contributed by atoms with E-state index in [0.29, 0.717) is 0 Å². The molecule has 0 saturated heterocycles. The molecule has 0 radical (unpaired) electrons. The molecule has 8 aromatic carbocycles. The Morgan fingerprint density at radius 2 is 0.660 bits per heavy atom. The molecule has 0 heterocycles. The Morgan fingerprint density at radius 3 is 1.11 bits per heavy atom. The van der Waals surface area contributed by atoms with Crippen LogP contribution in [0.2, 0.25) is 0 Å². The first kappa shape index (κ1) is 32.3. The molecule has 1 aliphatic carbocycles. The highest BCUT2D eigenvalue weighted by Gasteiger charge is 2.38. The van der Waals surface area contributed by atoms with E-state index in [1.807, 2.05) is 0 Å². The second kappa shape index (κ2) is 13.5. The topological polar surface area (TPSA) is 6.48 Å². The largest absolute Gasteiger partial charge is 0.311 e. The average molecular weight is 681 g/mol. The van der Waals surface area contributed by atoms with E-state index >= 15 is 0 Å². The average Bonchev–Trinajstić information content (AvgIpc) is 3.46. The molecular formula is C51H40N2. The number of benzene rings is 8. The van der Waals surface area contributed by atoms with Gasteiger partial charge in [-0.1, -0.05) is 135 Å². The predicted octanol–water partition coefficient (Wildman–Crippen LogP) is 14.3. The van der Waals surface area contributed by atoms with Crippen molar-refractivity contribution in [1.82, 2.24) is 0 Å². The van der Waals surface area contributed by atoms with Crippen molar-refractivity contribution in [2.75, 3.05) is 9.80 Å². The van der Waals surface area contributed by atoms with Crippen molar-refractivity contribution in [2.45, 2.75) is 19.3 Å². The molecule has 2 nitrogen and oxygen atoms in total. The van der Waals surface area contributed by atoms with Crippen LogP contribution in [-0.2, 0) is 5.41 Å². The maximum atomic E-state index is 2.41. The van der Waals surface area contributed by atoms with Gasteiger partial charge in [0.2, 0.25) is 0 Å². The molecule has 2 heteroatoms. The maximum absolute atomic E-state index is 2.41. The summed E-state index contributed by atoms with van der Waals surface area (Å²) in [7, 11) is 0. The predicted molar refractivity (Wildman–Crippen MR) is 224 cm³/mol. The second-order valence-corrected chi connectivity index (χ2v) is 14.2. The number of nitrogens with zero attached hydrogens (tertiary/aromatic N) is 2. The lowest BCUT2D eigenvalue weighted by Gasteiger charge is -2.27. The van der Waals surface area contributed by atoms with Gasteiger partial charge >= 0.3 is 0 Å². The van der Waals surface area contributed by atoms with Crippen LogP contribution in [0.15, 0.2) is 206 Å². The molecule has 0 atom stereocenters. The zero-order chi connectivity index (χ0) is 35.8. The molecule has 0 aliphatic heterocycles. The fourth-order valence-corrected chi connectivity index (χ4v) is 8.12. The minimum Gasteiger partial charge on any atom is -0.311 e. The minimum absolute atomic E-state index is 0.145. The lowest BCUT2D eigenvalue weighted by molar-refractivity contribution is 0.662. The van der Waals surface area contributed by atoms with E-state index in [0.717, 1.165) is 34.1 Å². The number of rotatable bonds is 8. The van der Waals surface area contributed by atoms with Crippen LogP contribution >= 0.6 is 0 Å². The lowest BCUT2D eigenvalue weighted by Crippen LogP contribution is -2.16. The number of fused-ring (bicyclic) bond motifs is 3. The summed E-state index contributed by atoms with van der Waals surface area (Å²) in [6.45, 7) is 4.75. The summed E-state index contributed by atoms with van der Waals surface area (Å²) in [5.41, 5.74) is 16.9. The van der Waals surface area contributed by atoms with Crippen LogP contribution in [0.5, 0.6) is 0 Å². The van der Waals surface area contributed by atoms with Crippen molar-refractivity contribution < 1.29 is 0 Å². The van der Waals surface area contributed by atoms with Gasteiger partial charge in [0.05, 0.1) is 0 Å². The van der Waals surface area contributed by atoms with Crippen molar-refractivity contribution in [3.8, 4) is 33.4 Å². The van der Waals surface area contributed by atoms with Gasteiger partial charge in [-0.3, -0.25) is 0 Å². The number of anilines is 6. The summed E-state index contributed by atoms with van der Waals surface area (Å²) in [4.78, 5) is 4.63. The summed E-state index contributed by atoms with van der Waals surface area (Å²) in [5, 5.41) is 0. The van der Waals surface area contributed by atoms with Crippen molar-refractivity contribution in [3.05, 3.63) is 217 Å². The van der Waals surface area contributed by atoms with Gasteiger partial charge in [-0.2, -0.15) is 0 Å². The third-order valence-corrected chi connectivity index (χ3v) is 10.6. The van der Waals surface area contributed by atoms with Crippen LogP contribution in [0.1, 0.15) is 25.0 Å². The van der Waals surface area contributed by atoms with Crippen LogP contribution in [0.4, 0.5) is 34.1 Å². The van der Waals surface area contributed by atoms with E-state index in [1.54, 1.807) is 0 Å². The van der Waals surface area contributed by atoms with Gasteiger partial charge in [-0.05, 0) is 129 Å². The third-order valence-electron chi connectivity index (χ3n) is 10.6. The van der Waals surface area contributed by atoms with E-state index in [9.17, 15) is 0 Å². The normalized spacial score (nSPS) is 12.5. The van der Waals surface area contributed by atoms with Gasteiger partial charge in [-0.15, -0.1) is 0 Å². The highest BCUT2D eigenvalue weighted by Crippen LogP contribution is 2.53. The van der Waals surface area contributed by atoms with E-state index in [-0.39, 0.29) is 5.41 Å². The maximum Gasteiger partial charge on any atom is 0.0462 e. The van der Waals surface area contributed by atoms with Gasteiger partial charge in [0.1, 0.15) is 0 Å². The molecule has 0 amide bonds. The quantitative estimate of drug-likeness (QED) is 0.158. The van der Waals surface area contributed by atoms with Crippen molar-refractivity contribution >= 4 is 34.1 Å². The van der Waals surface area contributed by atoms with Crippen molar-refractivity contribution in [3.63, 3.8) is 0 Å². The monoisotopic (exact) mass is 680 g/mol. The first-order chi connectivity index (χ1) is 26.1. The Hall–Kier alpha value is -6.64. The zero-order valence-corrected chi connectivity index (χ0v) is 30.0. The van der Waals surface area contributed by atoms with E-state index in [2.05, 4.69) is 230 Å². The van der Waals surface area contributed by atoms with Crippen molar-refractivity contribution in [1.29, 1.82) is 0 Å². The van der Waals surface area contributed by atoms with Crippen molar-refractivity contribution in [2.24, 2.45) is 0 Å². The molecule has 0 aromatic heterocycles. The molecular weight excluding hydrogens is 641 g/mol. The summed E-state index contributed by atoms with van der Waals surface area (Å²) >= 11 is 0. The van der Waals surface area contributed by atoms with E-state index in [1.165, 1.54) is 44.5 Å². The molecule has 0 bridgehead atoms. The van der Waals surface area contributed by atoms with Crippen LogP contribution in [0.25, 0.3) is 33.4 Å². The van der Waals surface area contributed by atoms with Crippen LogP contribution in [0, 0.1) is 0 Å². The highest BCUT2D eigenvalue weighted by atomic mass is 15.1. The highest BCUT2D eigenvalue weighted by molar-refractivity contribution is 5.93. The van der Waals surface area contributed by atoms with E-state index in [4.69, 9.17) is 0 Å². The number of hydrogen-bond donors (Lipinski definition) is 0. The fraction of sp³-hybridized carbons (Fsp3) is 0.0588. The summed E-state index contributed by atoms with van der Waals surface area (Å²) in [6.07, 6.45) is 0. The molecule has 0 unspecified atom stereocenters. The molecule has 0 saturated carbocycles. The number of para-hydroxylation sites is 4. The molecule has 0 N–H and O–H groups in total. The van der Waals surface area contributed by atoms with Gasteiger partial charge < -0.3 is 9.80 Å². The summed E-state index contributed by atoms with van der Waals surface area (Å²) in [5.74, 6) is 0. The Kier molecular flexibility index (Phi) is 8.21. The van der Waals surface area contributed by atoms with Crippen LogP contribution < -0.4 is 9.80 Å². The standard InChI is InChI=1S/C51H40N2/c1-51(2)49-26-16-15-25-46(49)48-36-39(37-27-31-44(32-28-37)52(40-17-7-3-8-18-40)41-19-9-4-10-20-41)35-47(50(48)51)38-29-33-45(34-30-38)53(42-21-11-5-12-22-42)43-23-13-6-14-24-43/h3-36H,1-2H3. The molecule has 53 heavy (non-hydrogen) atoms. The first-order valence-corrected chi connectivity index (χ1v) is 18.4. The molecule has 8 aromatic rings. The second-order valence-electron chi connectivity index (χ2n) is 14.2. The summed E-state index contributed by atoms with van der Waals surface area (Å²) < 4.78 is 0. The van der Waals surface area contributed by atoms with Gasteiger partial charge in [0, 0.05) is 39.5 Å². The minimum atomic E-state index is -0.145. The van der Waals surface area contributed by atoms with E-state index < -0.39 is 0 Å². The van der Waals surface area contributed by atoms with Gasteiger partial charge in [-0.25, -0.2) is 0 Å². The Bertz CT molecular complexity index is 2410.